The van der Waals surface area contributed by atoms with E-state index < -0.39 is 0 Å². The number of aliphatic hydroxyl groups is 1. The summed E-state index contributed by atoms with van der Waals surface area (Å²) in [7, 11) is 0. The molecule has 6 nitrogen and oxygen atoms in total. The van der Waals surface area contributed by atoms with Gasteiger partial charge in [0, 0.05) is 18.1 Å². The molecule has 1 unspecified atom stereocenters. The van der Waals surface area contributed by atoms with E-state index in [9.17, 15) is 4.79 Å². The summed E-state index contributed by atoms with van der Waals surface area (Å²) >= 11 is 0. The highest BCUT2D eigenvalue weighted by atomic mass is 16.3. The molecular formula is C14H24N4O2. The van der Waals surface area contributed by atoms with Gasteiger partial charge in [0.15, 0.2) is 0 Å². The number of hydrogen-bond acceptors (Lipinski definition) is 4. The van der Waals surface area contributed by atoms with Crippen LogP contribution in [0, 0.1) is 0 Å². The van der Waals surface area contributed by atoms with Gasteiger partial charge in [-0.2, -0.15) is 0 Å². The molecule has 6 heteroatoms. The number of rotatable bonds is 5. The summed E-state index contributed by atoms with van der Waals surface area (Å²) in [6, 6.07) is -0.278. The first-order valence-corrected chi connectivity index (χ1v) is 6.84. The van der Waals surface area contributed by atoms with Gasteiger partial charge in [0.25, 0.3) is 0 Å². The number of carbonyl (C=O) groups is 1. The summed E-state index contributed by atoms with van der Waals surface area (Å²) in [5.74, 6) is 0.736. The lowest BCUT2D eigenvalue weighted by atomic mass is 9.96. The fourth-order valence-corrected chi connectivity index (χ4v) is 1.64. The van der Waals surface area contributed by atoms with Crippen LogP contribution < -0.4 is 10.6 Å². The summed E-state index contributed by atoms with van der Waals surface area (Å²) in [4.78, 5) is 20.2. The zero-order valence-electron chi connectivity index (χ0n) is 12.6. The Labute approximate surface area is 120 Å². The highest BCUT2D eigenvalue weighted by molar-refractivity contribution is 5.88. The van der Waals surface area contributed by atoms with E-state index in [4.69, 9.17) is 5.11 Å². The third-order valence-electron chi connectivity index (χ3n) is 2.75. The minimum Gasteiger partial charge on any atom is -0.396 e. The molecule has 0 aliphatic carbocycles. The van der Waals surface area contributed by atoms with Crippen LogP contribution >= 0.6 is 0 Å². The van der Waals surface area contributed by atoms with Crippen LogP contribution in [0.5, 0.6) is 0 Å². The SMILES string of the molecule is CC(CCCO)NC(=O)Nc1cnc(C(C)(C)C)nc1. The third-order valence-corrected chi connectivity index (χ3v) is 2.75. The van der Waals surface area contributed by atoms with E-state index in [1.165, 1.54) is 0 Å². The third kappa shape index (κ3) is 5.52. The van der Waals surface area contributed by atoms with Gasteiger partial charge in [0.2, 0.25) is 0 Å². The Kier molecular flexibility index (Phi) is 5.88. The Bertz CT molecular complexity index is 426. The van der Waals surface area contributed by atoms with Crippen molar-refractivity contribution in [3.63, 3.8) is 0 Å². The van der Waals surface area contributed by atoms with Gasteiger partial charge in [-0.05, 0) is 19.8 Å². The fourth-order valence-electron chi connectivity index (χ4n) is 1.64. The number of aromatic nitrogens is 2. The van der Waals surface area contributed by atoms with E-state index in [1.807, 2.05) is 27.7 Å². The Morgan fingerprint density at radius 2 is 1.95 bits per heavy atom. The fraction of sp³-hybridized carbons (Fsp3) is 0.643. The van der Waals surface area contributed by atoms with Crippen LogP contribution in [0.1, 0.15) is 46.4 Å². The van der Waals surface area contributed by atoms with Crippen molar-refractivity contribution in [3.8, 4) is 0 Å². The zero-order valence-corrected chi connectivity index (χ0v) is 12.6. The maximum Gasteiger partial charge on any atom is 0.319 e. The van der Waals surface area contributed by atoms with Crippen LogP contribution in [0.3, 0.4) is 0 Å². The van der Waals surface area contributed by atoms with Crippen molar-refractivity contribution in [2.45, 2.75) is 52.0 Å². The molecule has 0 spiro atoms. The van der Waals surface area contributed by atoms with Crippen molar-refractivity contribution in [2.24, 2.45) is 0 Å². The van der Waals surface area contributed by atoms with Crippen LogP contribution in [0.4, 0.5) is 10.5 Å². The molecule has 2 amide bonds. The maximum atomic E-state index is 11.7. The lowest BCUT2D eigenvalue weighted by molar-refractivity contribution is 0.245. The smallest absolute Gasteiger partial charge is 0.319 e. The molecule has 0 aliphatic rings. The second-order valence-electron chi connectivity index (χ2n) is 5.91. The number of urea groups is 1. The highest BCUT2D eigenvalue weighted by Crippen LogP contribution is 2.18. The molecule has 0 saturated heterocycles. The summed E-state index contributed by atoms with van der Waals surface area (Å²) < 4.78 is 0. The first-order valence-electron chi connectivity index (χ1n) is 6.84. The summed E-state index contributed by atoms with van der Waals surface area (Å²) in [6.45, 7) is 8.13. The van der Waals surface area contributed by atoms with Crippen LogP contribution in [-0.2, 0) is 5.41 Å². The average molecular weight is 280 g/mol. The highest BCUT2D eigenvalue weighted by Gasteiger charge is 2.17. The Balaban J connectivity index is 2.50. The van der Waals surface area contributed by atoms with Crippen LogP contribution in [0.2, 0.25) is 0 Å². The largest absolute Gasteiger partial charge is 0.396 e. The van der Waals surface area contributed by atoms with Gasteiger partial charge in [-0.25, -0.2) is 14.8 Å². The van der Waals surface area contributed by atoms with Crippen molar-refractivity contribution in [3.05, 3.63) is 18.2 Å². The van der Waals surface area contributed by atoms with Crippen molar-refractivity contribution < 1.29 is 9.90 Å². The Morgan fingerprint density at radius 3 is 2.45 bits per heavy atom. The Morgan fingerprint density at radius 1 is 1.35 bits per heavy atom. The first-order chi connectivity index (χ1) is 9.32. The normalized spacial score (nSPS) is 12.8. The van der Waals surface area contributed by atoms with Gasteiger partial charge in [0.1, 0.15) is 5.82 Å². The monoisotopic (exact) mass is 280 g/mol. The predicted octanol–water partition coefficient (Wildman–Crippen LogP) is 2.06. The van der Waals surface area contributed by atoms with Gasteiger partial charge in [-0.15, -0.1) is 0 Å². The molecule has 0 radical (unpaired) electrons. The summed E-state index contributed by atoms with van der Waals surface area (Å²) in [5.41, 5.74) is 0.449. The van der Waals surface area contributed by atoms with E-state index in [-0.39, 0.29) is 24.1 Å². The van der Waals surface area contributed by atoms with Gasteiger partial charge in [-0.1, -0.05) is 20.8 Å². The number of nitrogens with zero attached hydrogens (tertiary/aromatic N) is 2. The molecule has 0 aromatic carbocycles. The van der Waals surface area contributed by atoms with Gasteiger partial charge >= 0.3 is 6.03 Å². The Hall–Kier alpha value is -1.69. The summed E-state index contributed by atoms with van der Waals surface area (Å²) in [5, 5.41) is 14.2. The molecule has 1 aromatic rings. The van der Waals surface area contributed by atoms with E-state index in [1.54, 1.807) is 12.4 Å². The molecule has 1 rings (SSSR count). The number of nitrogens with one attached hydrogen (secondary N) is 2. The van der Waals surface area contributed by atoms with E-state index in [0.29, 0.717) is 12.1 Å². The number of anilines is 1. The molecule has 1 heterocycles. The minimum absolute atomic E-state index is 0.0110. The molecule has 112 valence electrons. The maximum absolute atomic E-state index is 11.7. The molecular weight excluding hydrogens is 256 g/mol. The standard InChI is InChI=1S/C14H24N4O2/c1-10(6-5-7-19)17-13(20)18-11-8-15-12(16-9-11)14(2,3)4/h8-10,19H,5-7H2,1-4H3,(H2,17,18,20). The molecule has 0 fully saturated rings. The van der Waals surface area contributed by atoms with Crippen LogP contribution in [0.15, 0.2) is 12.4 Å². The first kappa shape index (κ1) is 16.4. The molecule has 0 bridgehead atoms. The van der Waals surface area contributed by atoms with E-state index >= 15 is 0 Å². The van der Waals surface area contributed by atoms with Crippen molar-refractivity contribution >= 4 is 11.7 Å². The second-order valence-corrected chi connectivity index (χ2v) is 5.91. The summed E-state index contributed by atoms with van der Waals surface area (Å²) in [6.07, 6.45) is 4.62. The average Bonchev–Trinajstić information content (AvgIpc) is 2.35. The van der Waals surface area contributed by atoms with Crippen LogP contribution in [0.25, 0.3) is 0 Å². The molecule has 1 aromatic heterocycles. The molecule has 20 heavy (non-hydrogen) atoms. The molecule has 3 N–H and O–H groups in total. The number of aliphatic hydroxyl groups excluding tert-OH is 1. The molecule has 1 atom stereocenters. The quantitative estimate of drug-likeness (QED) is 0.770. The predicted molar refractivity (Wildman–Crippen MR) is 78.7 cm³/mol. The van der Waals surface area contributed by atoms with Crippen molar-refractivity contribution in [2.75, 3.05) is 11.9 Å². The lowest BCUT2D eigenvalue weighted by Crippen LogP contribution is -2.36. The van der Waals surface area contributed by atoms with E-state index in [0.717, 1.165) is 12.2 Å². The second kappa shape index (κ2) is 7.19. The van der Waals surface area contributed by atoms with Crippen molar-refractivity contribution in [1.82, 2.24) is 15.3 Å². The topological polar surface area (TPSA) is 87.1 Å². The zero-order chi connectivity index (χ0) is 15.2. The number of hydrogen-bond donors (Lipinski definition) is 3. The van der Waals surface area contributed by atoms with E-state index in [2.05, 4.69) is 20.6 Å². The molecule has 0 saturated carbocycles. The number of carbonyl (C=O) groups excluding carboxylic acids is 1. The minimum atomic E-state index is -0.289. The van der Waals surface area contributed by atoms with Gasteiger partial charge in [0.05, 0.1) is 18.1 Å². The van der Waals surface area contributed by atoms with Crippen LogP contribution in [-0.4, -0.2) is 33.8 Å². The number of amides is 2. The van der Waals surface area contributed by atoms with Gasteiger partial charge < -0.3 is 15.7 Å². The molecule has 0 aliphatic heterocycles. The lowest BCUT2D eigenvalue weighted by Gasteiger charge is -2.17. The van der Waals surface area contributed by atoms with Gasteiger partial charge in [-0.3, -0.25) is 0 Å². The van der Waals surface area contributed by atoms with Crippen molar-refractivity contribution in [1.29, 1.82) is 0 Å².